The summed E-state index contributed by atoms with van der Waals surface area (Å²) < 4.78 is 0. The maximum Gasteiger partial charge on any atom is 0.141 e. The summed E-state index contributed by atoms with van der Waals surface area (Å²) in [5.74, 6) is 2.79. The lowest BCUT2D eigenvalue weighted by Crippen LogP contribution is -2.13. The van der Waals surface area contributed by atoms with E-state index >= 15 is 0 Å². The number of aryl methyl sites for hydroxylation is 2. The Kier molecular flexibility index (Phi) is 4.44. The summed E-state index contributed by atoms with van der Waals surface area (Å²) in [7, 11) is 1.95. The third kappa shape index (κ3) is 3.38. The van der Waals surface area contributed by atoms with E-state index in [0.29, 0.717) is 0 Å². The van der Waals surface area contributed by atoms with Gasteiger partial charge in [-0.3, -0.25) is 0 Å². The molecule has 0 saturated heterocycles. The number of benzene rings is 1. The number of hydrogen-bond acceptors (Lipinski definition) is 4. The van der Waals surface area contributed by atoms with Crippen molar-refractivity contribution in [3.63, 3.8) is 0 Å². The number of rotatable bonds is 4. The first-order chi connectivity index (χ1) is 10.3. The van der Waals surface area contributed by atoms with Gasteiger partial charge in [0.1, 0.15) is 11.6 Å². The van der Waals surface area contributed by atoms with Crippen molar-refractivity contribution in [3.05, 3.63) is 46.9 Å². The molecule has 110 valence electrons. The van der Waals surface area contributed by atoms with E-state index in [1.54, 1.807) is 11.8 Å². The van der Waals surface area contributed by atoms with Crippen LogP contribution in [-0.4, -0.2) is 17.0 Å². The Morgan fingerprint density at radius 3 is 2.62 bits per heavy atom. The average molecular weight is 299 g/mol. The number of aromatic nitrogens is 2. The number of hydrogen-bond donors (Lipinski definition) is 1. The van der Waals surface area contributed by atoms with Crippen LogP contribution >= 0.6 is 11.8 Å². The molecule has 0 unspecified atom stereocenters. The van der Waals surface area contributed by atoms with Crippen molar-refractivity contribution in [1.82, 2.24) is 9.97 Å². The summed E-state index contributed by atoms with van der Waals surface area (Å²) in [4.78, 5) is 10.7. The normalized spacial score (nSPS) is 13.8. The van der Waals surface area contributed by atoms with Crippen LogP contribution in [0.3, 0.4) is 0 Å². The predicted octanol–water partition coefficient (Wildman–Crippen LogP) is 4.00. The van der Waals surface area contributed by atoms with Crippen LogP contribution in [0.25, 0.3) is 0 Å². The monoisotopic (exact) mass is 299 g/mol. The highest BCUT2D eigenvalue weighted by molar-refractivity contribution is 7.98. The molecule has 0 fully saturated rings. The van der Waals surface area contributed by atoms with Crippen molar-refractivity contribution in [1.29, 1.82) is 0 Å². The largest absolute Gasteiger partial charge is 0.373 e. The second-order valence-corrected chi connectivity index (χ2v) is 6.52. The fraction of sp³-hybridized carbons (Fsp3) is 0.412. The fourth-order valence-corrected chi connectivity index (χ4v) is 3.45. The molecule has 0 radical (unpaired) electrons. The van der Waals surface area contributed by atoms with Gasteiger partial charge in [0.25, 0.3) is 0 Å². The minimum atomic E-state index is 0.824. The lowest BCUT2D eigenvalue weighted by atomic mass is 9.96. The zero-order valence-corrected chi connectivity index (χ0v) is 13.5. The van der Waals surface area contributed by atoms with Crippen LogP contribution in [0.15, 0.2) is 29.2 Å². The van der Waals surface area contributed by atoms with Gasteiger partial charge in [0, 0.05) is 23.2 Å². The van der Waals surface area contributed by atoms with Crippen LogP contribution in [0.2, 0.25) is 0 Å². The Balaban J connectivity index is 1.77. The first-order valence-electron chi connectivity index (χ1n) is 7.52. The van der Waals surface area contributed by atoms with E-state index in [9.17, 15) is 0 Å². The minimum absolute atomic E-state index is 0.824. The van der Waals surface area contributed by atoms with Crippen LogP contribution in [0.1, 0.15) is 35.5 Å². The van der Waals surface area contributed by atoms with Gasteiger partial charge in [-0.2, -0.15) is 0 Å². The van der Waals surface area contributed by atoms with Gasteiger partial charge in [-0.05, 0) is 44.7 Å². The molecule has 3 nitrogen and oxygen atoms in total. The third-order valence-corrected chi connectivity index (χ3v) is 4.86. The van der Waals surface area contributed by atoms with Crippen LogP contribution in [-0.2, 0) is 18.6 Å². The van der Waals surface area contributed by atoms with Gasteiger partial charge in [0.15, 0.2) is 0 Å². The molecule has 1 N–H and O–H groups in total. The van der Waals surface area contributed by atoms with Crippen molar-refractivity contribution in [2.24, 2.45) is 0 Å². The van der Waals surface area contributed by atoms with E-state index in [1.165, 1.54) is 34.6 Å². The van der Waals surface area contributed by atoms with Crippen molar-refractivity contribution in [2.75, 3.05) is 12.4 Å². The number of anilines is 1. The second kappa shape index (κ2) is 6.48. The molecule has 1 heterocycles. The van der Waals surface area contributed by atoms with Gasteiger partial charge in [-0.25, -0.2) is 9.97 Å². The molecule has 0 atom stereocenters. The molecule has 4 heteroatoms. The quantitative estimate of drug-likeness (QED) is 0.866. The Morgan fingerprint density at radius 2 is 1.86 bits per heavy atom. The molecule has 0 saturated carbocycles. The predicted molar refractivity (Wildman–Crippen MR) is 89.0 cm³/mol. The first-order valence-corrected chi connectivity index (χ1v) is 8.50. The lowest BCUT2D eigenvalue weighted by molar-refractivity contribution is 0.659. The summed E-state index contributed by atoms with van der Waals surface area (Å²) in [6, 6.07) is 8.62. The highest BCUT2D eigenvalue weighted by Crippen LogP contribution is 2.27. The van der Waals surface area contributed by atoms with Crippen molar-refractivity contribution in [3.8, 4) is 0 Å². The Hall–Kier alpha value is -1.55. The van der Waals surface area contributed by atoms with Crippen LogP contribution in [0, 0.1) is 6.92 Å². The van der Waals surface area contributed by atoms with Gasteiger partial charge in [0.2, 0.25) is 0 Å². The molecule has 0 spiro atoms. The molecule has 0 amide bonds. The average Bonchev–Trinajstić information content (AvgIpc) is 2.53. The Morgan fingerprint density at radius 1 is 1.10 bits per heavy atom. The van der Waals surface area contributed by atoms with Gasteiger partial charge < -0.3 is 5.32 Å². The van der Waals surface area contributed by atoms with Crippen LogP contribution in [0.4, 0.5) is 5.82 Å². The molecule has 0 bridgehead atoms. The molecule has 3 rings (SSSR count). The summed E-state index contributed by atoms with van der Waals surface area (Å²) in [6.07, 6.45) is 4.70. The summed E-state index contributed by atoms with van der Waals surface area (Å²) in [6.45, 7) is 2.11. The van der Waals surface area contributed by atoms with Crippen molar-refractivity contribution < 1.29 is 0 Å². The summed E-state index contributed by atoms with van der Waals surface area (Å²) >= 11 is 1.80. The molecule has 1 aliphatic carbocycles. The molecular weight excluding hydrogens is 278 g/mol. The fourth-order valence-electron chi connectivity index (χ4n) is 2.70. The molecular formula is C17H21N3S. The number of thioether (sulfide) groups is 1. The highest BCUT2D eigenvalue weighted by atomic mass is 32.2. The number of fused-ring (bicyclic) bond motifs is 1. The third-order valence-electron chi connectivity index (χ3n) is 3.86. The Labute approximate surface area is 130 Å². The molecule has 1 aromatic carbocycles. The zero-order valence-electron chi connectivity index (χ0n) is 12.6. The second-order valence-electron chi connectivity index (χ2n) is 5.47. The number of nitrogens with zero attached hydrogens (tertiary/aromatic N) is 2. The van der Waals surface area contributed by atoms with E-state index in [4.69, 9.17) is 9.97 Å². The topological polar surface area (TPSA) is 37.8 Å². The smallest absolute Gasteiger partial charge is 0.141 e. The lowest BCUT2D eigenvalue weighted by Gasteiger charge is -2.18. The molecule has 1 aromatic heterocycles. The SMILES string of the molecule is CNc1nc(CSc2ccc(C)cc2)nc2c1CCCC2. The van der Waals surface area contributed by atoms with Gasteiger partial charge >= 0.3 is 0 Å². The highest BCUT2D eigenvalue weighted by Gasteiger charge is 2.17. The minimum Gasteiger partial charge on any atom is -0.373 e. The van der Waals surface area contributed by atoms with Gasteiger partial charge in [0.05, 0.1) is 5.75 Å². The molecule has 2 aromatic rings. The van der Waals surface area contributed by atoms with Crippen molar-refractivity contribution in [2.45, 2.75) is 43.3 Å². The van der Waals surface area contributed by atoms with Gasteiger partial charge in [-0.15, -0.1) is 11.8 Å². The molecule has 21 heavy (non-hydrogen) atoms. The van der Waals surface area contributed by atoms with E-state index in [0.717, 1.165) is 30.2 Å². The zero-order chi connectivity index (χ0) is 14.7. The standard InChI is InChI=1S/C17H21N3S/c1-12-7-9-13(10-8-12)21-11-16-19-15-6-4-3-5-14(15)17(18-2)20-16/h7-10H,3-6,11H2,1-2H3,(H,18,19,20). The van der Waals surface area contributed by atoms with Crippen LogP contribution in [0.5, 0.6) is 0 Å². The van der Waals surface area contributed by atoms with E-state index < -0.39 is 0 Å². The summed E-state index contributed by atoms with van der Waals surface area (Å²) in [5, 5.41) is 3.24. The first kappa shape index (κ1) is 14.4. The maximum atomic E-state index is 4.78. The Bertz CT molecular complexity index is 605. The van der Waals surface area contributed by atoms with Crippen LogP contribution < -0.4 is 5.32 Å². The van der Waals surface area contributed by atoms with Gasteiger partial charge in [-0.1, -0.05) is 17.7 Å². The van der Waals surface area contributed by atoms with Crippen molar-refractivity contribution >= 4 is 17.6 Å². The molecule has 0 aliphatic heterocycles. The number of nitrogens with one attached hydrogen (secondary N) is 1. The molecule has 1 aliphatic rings. The van der Waals surface area contributed by atoms with E-state index in [2.05, 4.69) is 36.5 Å². The van der Waals surface area contributed by atoms with E-state index in [1.807, 2.05) is 7.05 Å². The van der Waals surface area contributed by atoms with E-state index in [-0.39, 0.29) is 0 Å². The summed E-state index contributed by atoms with van der Waals surface area (Å²) in [5.41, 5.74) is 3.87. The maximum absolute atomic E-state index is 4.78.